The first-order valence-electron chi connectivity index (χ1n) is 14.4. The summed E-state index contributed by atoms with van der Waals surface area (Å²) in [5.74, 6) is -2.35. The largest absolute Gasteiger partial charge is 0.465 e. The van der Waals surface area contributed by atoms with Crippen LogP contribution in [0.4, 0.5) is 22.0 Å². The fourth-order valence-corrected chi connectivity index (χ4v) is 4.21. The number of benzene rings is 1. The highest BCUT2D eigenvalue weighted by atomic mass is 32.2. The van der Waals surface area contributed by atoms with Crippen molar-refractivity contribution in [2.75, 3.05) is 19.8 Å². The Morgan fingerprint density at radius 1 is 0.791 bits per heavy atom. The minimum atomic E-state index is -6.17. The number of oxime groups is 1. The van der Waals surface area contributed by atoms with Crippen molar-refractivity contribution >= 4 is 27.6 Å². The summed E-state index contributed by atoms with van der Waals surface area (Å²) >= 11 is 0. The molecule has 0 unspecified atom stereocenters. The molecular weight excluding hydrogens is 601 g/mol. The summed E-state index contributed by atoms with van der Waals surface area (Å²) in [5.41, 5.74) is -2.93. The van der Waals surface area contributed by atoms with Gasteiger partial charge in [0, 0.05) is 12.2 Å². The number of unbranched alkanes of at least 4 members (excludes halogenated alkanes) is 9. The van der Waals surface area contributed by atoms with Gasteiger partial charge >= 0.3 is 27.5 Å². The highest BCUT2D eigenvalue weighted by molar-refractivity contribution is 7.88. The standard InChI is InChI=1S/C29H42F5NO7S/c1-4-27(2,3)26(37)41-21-17-12-10-8-6-5-7-9-11-16-20-40-22-24(36)29(33,34)43(38,39)42-35-25(28(30,31)32)23-18-14-13-15-19-23/h13-15,18-19H,4-12,16-17,20-22H2,1-3H3/b35-25+. The molecule has 0 heterocycles. The van der Waals surface area contributed by atoms with Crippen LogP contribution in [0.3, 0.4) is 0 Å². The van der Waals surface area contributed by atoms with Gasteiger partial charge in [0.05, 0.1) is 12.0 Å². The summed E-state index contributed by atoms with van der Waals surface area (Å²) in [6.45, 7) is 4.78. The predicted molar refractivity (Wildman–Crippen MR) is 151 cm³/mol. The van der Waals surface area contributed by atoms with E-state index in [1.807, 2.05) is 20.8 Å². The summed E-state index contributed by atoms with van der Waals surface area (Å²) in [4.78, 5) is 23.7. The fraction of sp³-hybridized carbons (Fsp3) is 0.690. The van der Waals surface area contributed by atoms with Gasteiger partial charge in [-0.05, 0) is 33.1 Å². The van der Waals surface area contributed by atoms with E-state index in [2.05, 4.69) is 9.44 Å². The second-order valence-corrected chi connectivity index (χ2v) is 12.3. The Labute approximate surface area is 250 Å². The molecule has 0 N–H and O–H groups in total. The zero-order valence-corrected chi connectivity index (χ0v) is 25.7. The molecule has 0 spiro atoms. The van der Waals surface area contributed by atoms with Gasteiger partial charge in [-0.25, -0.2) is 0 Å². The second kappa shape index (κ2) is 18.3. The van der Waals surface area contributed by atoms with Gasteiger partial charge in [-0.15, -0.1) is 0 Å². The summed E-state index contributed by atoms with van der Waals surface area (Å²) in [5, 5.41) is -2.78. The van der Waals surface area contributed by atoms with Crippen molar-refractivity contribution < 1.29 is 53.7 Å². The van der Waals surface area contributed by atoms with Crippen molar-refractivity contribution in [2.24, 2.45) is 10.6 Å². The third-order valence-electron chi connectivity index (χ3n) is 6.77. The molecule has 0 saturated carbocycles. The minimum Gasteiger partial charge on any atom is -0.465 e. The molecule has 0 aliphatic heterocycles. The number of carbonyl (C=O) groups is 2. The third-order valence-corrected chi connectivity index (χ3v) is 7.89. The van der Waals surface area contributed by atoms with Crippen LogP contribution in [-0.4, -0.2) is 57.1 Å². The van der Waals surface area contributed by atoms with Crippen LogP contribution in [0, 0.1) is 5.41 Å². The van der Waals surface area contributed by atoms with Crippen LogP contribution in [0.2, 0.25) is 0 Å². The predicted octanol–water partition coefficient (Wildman–Crippen LogP) is 7.36. The van der Waals surface area contributed by atoms with E-state index < -0.39 is 50.6 Å². The number of hydrogen-bond donors (Lipinski definition) is 0. The van der Waals surface area contributed by atoms with Crippen LogP contribution < -0.4 is 0 Å². The molecule has 8 nitrogen and oxygen atoms in total. The number of ether oxygens (including phenoxy) is 2. The van der Waals surface area contributed by atoms with E-state index in [1.165, 1.54) is 18.2 Å². The number of carbonyl (C=O) groups excluding carboxylic acids is 2. The van der Waals surface area contributed by atoms with Crippen LogP contribution in [0.25, 0.3) is 0 Å². The first-order chi connectivity index (χ1) is 20.1. The third kappa shape index (κ3) is 13.7. The lowest BCUT2D eigenvalue weighted by atomic mass is 9.91. The molecule has 0 saturated heterocycles. The molecule has 0 radical (unpaired) electrons. The number of esters is 1. The molecule has 1 aromatic carbocycles. The molecule has 0 aromatic heterocycles. The lowest BCUT2D eigenvalue weighted by molar-refractivity contribution is -0.154. The van der Waals surface area contributed by atoms with Gasteiger partial charge in [0.1, 0.15) is 6.61 Å². The van der Waals surface area contributed by atoms with Crippen molar-refractivity contribution in [2.45, 2.75) is 103 Å². The summed E-state index contributed by atoms with van der Waals surface area (Å²) in [6, 6.07) is 5.63. The topological polar surface area (TPSA) is 108 Å². The van der Waals surface area contributed by atoms with E-state index in [0.29, 0.717) is 19.4 Å². The number of rotatable bonds is 22. The first kappa shape index (κ1) is 38.4. The Kier molecular flexibility index (Phi) is 16.3. The van der Waals surface area contributed by atoms with Crippen LogP contribution in [0.15, 0.2) is 35.5 Å². The average molecular weight is 644 g/mol. The number of hydrogen-bond acceptors (Lipinski definition) is 8. The molecule has 1 aromatic rings. The number of alkyl halides is 5. The van der Waals surface area contributed by atoms with E-state index in [-0.39, 0.29) is 12.6 Å². The Hall–Kier alpha value is -2.61. The monoisotopic (exact) mass is 643 g/mol. The molecule has 0 fully saturated rings. The first-order valence-corrected chi connectivity index (χ1v) is 15.8. The molecule has 0 aliphatic rings. The maximum atomic E-state index is 14.2. The van der Waals surface area contributed by atoms with Crippen molar-refractivity contribution in [3.8, 4) is 0 Å². The molecule has 0 aliphatic carbocycles. The normalized spacial score (nSPS) is 13.2. The second-order valence-electron chi connectivity index (χ2n) is 10.7. The fourth-order valence-electron chi connectivity index (χ4n) is 3.61. The lowest BCUT2D eigenvalue weighted by Crippen LogP contribution is -2.41. The van der Waals surface area contributed by atoms with Crippen molar-refractivity contribution in [3.05, 3.63) is 35.9 Å². The van der Waals surface area contributed by atoms with E-state index in [1.54, 1.807) is 0 Å². The van der Waals surface area contributed by atoms with E-state index in [0.717, 1.165) is 69.9 Å². The molecule has 0 amide bonds. The molecule has 0 bridgehead atoms. The molecule has 43 heavy (non-hydrogen) atoms. The van der Waals surface area contributed by atoms with Crippen molar-refractivity contribution in [1.82, 2.24) is 0 Å². The van der Waals surface area contributed by atoms with Crippen LogP contribution in [0.5, 0.6) is 0 Å². The number of nitrogens with zero attached hydrogens (tertiary/aromatic N) is 1. The van der Waals surface area contributed by atoms with Gasteiger partial charge in [0.15, 0.2) is 5.71 Å². The zero-order chi connectivity index (χ0) is 32.6. The maximum absolute atomic E-state index is 14.2. The highest BCUT2D eigenvalue weighted by Crippen LogP contribution is 2.28. The lowest BCUT2D eigenvalue weighted by Gasteiger charge is -2.20. The number of Topliss-reactive ketones (excluding diaryl/α,β-unsaturated/α-hetero) is 1. The van der Waals surface area contributed by atoms with Crippen molar-refractivity contribution in [1.29, 1.82) is 0 Å². The molecule has 246 valence electrons. The van der Waals surface area contributed by atoms with Gasteiger partial charge < -0.3 is 9.47 Å². The van der Waals surface area contributed by atoms with Gasteiger partial charge in [-0.2, -0.15) is 30.4 Å². The molecule has 0 atom stereocenters. The zero-order valence-electron chi connectivity index (χ0n) is 24.9. The number of ketones is 1. The van der Waals surface area contributed by atoms with Crippen LogP contribution in [0.1, 0.15) is 97.0 Å². The summed E-state index contributed by atoms with van der Waals surface area (Å²) in [6.07, 6.45) is 4.49. The Morgan fingerprint density at radius 3 is 1.77 bits per heavy atom. The van der Waals surface area contributed by atoms with E-state index in [4.69, 9.17) is 9.47 Å². The maximum Gasteiger partial charge on any atom is 0.441 e. The highest BCUT2D eigenvalue weighted by Gasteiger charge is 2.55. The minimum absolute atomic E-state index is 0.0763. The molecule has 14 heteroatoms. The Morgan fingerprint density at radius 2 is 1.28 bits per heavy atom. The van der Waals surface area contributed by atoms with Gasteiger partial charge in [0.25, 0.3) is 0 Å². The van der Waals surface area contributed by atoms with Crippen LogP contribution in [-0.2, 0) is 33.5 Å². The Bertz CT molecular complexity index is 1120. The average Bonchev–Trinajstić information content (AvgIpc) is 2.94. The Balaban J connectivity index is 2.23. The van der Waals surface area contributed by atoms with Gasteiger partial charge in [-0.1, -0.05) is 93.8 Å². The van der Waals surface area contributed by atoms with Crippen LogP contribution >= 0.6 is 0 Å². The smallest absolute Gasteiger partial charge is 0.441 e. The number of halogens is 5. The SMILES string of the molecule is CCC(C)(C)C(=O)OCCCCCCCCCCCCOCC(=O)C(F)(F)S(=O)(=O)O/N=C(\c1ccccc1)C(F)(F)F. The molecule has 1 rings (SSSR count). The van der Waals surface area contributed by atoms with Gasteiger partial charge in [-0.3, -0.25) is 13.9 Å². The summed E-state index contributed by atoms with van der Waals surface area (Å²) in [7, 11) is -6.17. The summed E-state index contributed by atoms with van der Waals surface area (Å²) < 4.78 is 105. The quantitative estimate of drug-likeness (QED) is 0.0427. The van der Waals surface area contributed by atoms with E-state index in [9.17, 15) is 40.0 Å². The van der Waals surface area contributed by atoms with E-state index >= 15 is 0 Å². The van der Waals surface area contributed by atoms with Crippen molar-refractivity contribution in [3.63, 3.8) is 0 Å². The molecular formula is C29H42F5NO7S. The van der Waals surface area contributed by atoms with Gasteiger partial charge in [0.2, 0.25) is 5.78 Å².